The fraction of sp³-hybridized carbons (Fsp3) is 0.571. The molecule has 0 amide bonds. The summed E-state index contributed by atoms with van der Waals surface area (Å²) in [5.41, 5.74) is 2.82. The molecule has 0 bridgehead atoms. The molecule has 5 nitrogen and oxygen atoms in total. The van der Waals surface area contributed by atoms with Crippen molar-refractivity contribution in [1.82, 2.24) is 14.7 Å². The fourth-order valence-corrected chi connectivity index (χ4v) is 2.97. The van der Waals surface area contributed by atoms with Gasteiger partial charge in [0.25, 0.3) is 0 Å². The summed E-state index contributed by atoms with van der Waals surface area (Å²) in [5.74, 6) is -0.238. The standard InChI is InChI=1S/C14H21N3O2S/c1-9-8-20-13-16-10(2)11(17(9)13)6-15-7-12(18)19-14(3,4)5/h8,15H,6-7H2,1-5H3. The van der Waals surface area contributed by atoms with Crippen LogP contribution in [0.1, 0.15) is 37.9 Å². The summed E-state index contributed by atoms with van der Waals surface area (Å²) in [6, 6.07) is 0. The smallest absolute Gasteiger partial charge is 0.320 e. The second kappa shape index (κ2) is 5.54. The summed E-state index contributed by atoms with van der Waals surface area (Å²) in [6.45, 7) is 10.4. The Morgan fingerprint density at radius 2 is 2.15 bits per heavy atom. The predicted molar refractivity (Wildman–Crippen MR) is 80.1 cm³/mol. The van der Waals surface area contributed by atoms with E-state index in [1.165, 1.54) is 5.69 Å². The van der Waals surface area contributed by atoms with Gasteiger partial charge in [-0.05, 0) is 34.6 Å². The van der Waals surface area contributed by atoms with Gasteiger partial charge < -0.3 is 10.1 Å². The molecule has 0 aliphatic heterocycles. The fourth-order valence-electron chi connectivity index (χ4n) is 2.04. The zero-order valence-corrected chi connectivity index (χ0v) is 13.4. The molecular formula is C14H21N3O2S. The maximum atomic E-state index is 11.6. The van der Waals surface area contributed by atoms with Gasteiger partial charge >= 0.3 is 5.97 Å². The number of hydrogen-bond acceptors (Lipinski definition) is 5. The van der Waals surface area contributed by atoms with Crippen molar-refractivity contribution in [3.63, 3.8) is 0 Å². The van der Waals surface area contributed by atoms with Crippen molar-refractivity contribution >= 4 is 22.3 Å². The van der Waals surface area contributed by atoms with Crippen LogP contribution in [0.2, 0.25) is 0 Å². The van der Waals surface area contributed by atoms with Gasteiger partial charge in [0.2, 0.25) is 0 Å². The van der Waals surface area contributed by atoms with Crippen molar-refractivity contribution in [1.29, 1.82) is 0 Å². The first kappa shape index (κ1) is 15.0. The third-order valence-electron chi connectivity index (χ3n) is 2.81. The number of thiazole rings is 1. The van der Waals surface area contributed by atoms with E-state index in [1.807, 2.05) is 27.7 Å². The first-order valence-corrected chi connectivity index (χ1v) is 7.50. The number of aryl methyl sites for hydroxylation is 2. The number of nitrogens with one attached hydrogen (secondary N) is 1. The molecule has 0 spiro atoms. The molecular weight excluding hydrogens is 274 g/mol. The van der Waals surface area contributed by atoms with Gasteiger partial charge in [-0.25, -0.2) is 4.98 Å². The number of ether oxygens (including phenoxy) is 1. The maximum absolute atomic E-state index is 11.6. The topological polar surface area (TPSA) is 55.6 Å². The van der Waals surface area contributed by atoms with Crippen LogP contribution >= 0.6 is 11.3 Å². The quantitative estimate of drug-likeness (QED) is 0.880. The van der Waals surface area contributed by atoms with Gasteiger partial charge in [-0.3, -0.25) is 9.20 Å². The van der Waals surface area contributed by atoms with Crippen LogP contribution in [0.5, 0.6) is 0 Å². The summed E-state index contributed by atoms with van der Waals surface area (Å²) in [6.07, 6.45) is 0. The summed E-state index contributed by atoms with van der Waals surface area (Å²) >= 11 is 1.63. The molecule has 0 aromatic carbocycles. The van der Waals surface area contributed by atoms with Crippen molar-refractivity contribution in [3.05, 3.63) is 22.5 Å². The van der Waals surface area contributed by atoms with Crippen LogP contribution in [0.15, 0.2) is 5.38 Å². The Hall–Kier alpha value is -1.40. The molecule has 1 N–H and O–H groups in total. The summed E-state index contributed by atoms with van der Waals surface area (Å²) in [5, 5.41) is 5.21. The van der Waals surface area contributed by atoms with E-state index in [4.69, 9.17) is 4.74 Å². The van der Waals surface area contributed by atoms with Crippen LogP contribution in [-0.2, 0) is 16.1 Å². The van der Waals surface area contributed by atoms with Crippen molar-refractivity contribution < 1.29 is 9.53 Å². The van der Waals surface area contributed by atoms with Gasteiger partial charge in [-0.1, -0.05) is 0 Å². The van der Waals surface area contributed by atoms with E-state index in [0.29, 0.717) is 6.54 Å². The predicted octanol–water partition coefficient (Wildman–Crippen LogP) is 2.44. The van der Waals surface area contributed by atoms with Crippen LogP contribution in [0.3, 0.4) is 0 Å². The Bertz CT molecular complexity index is 622. The zero-order valence-electron chi connectivity index (χ0n) is 12.6. The molecule has 2 rings (SSSR count). The zero-order chi connectivity index (χ0) is 14.9. The minimum atomic E-state index is -0.442. The Balaban J connectivity index is 1.98. The molecule has 0 aliphatic carbocycles. The number of fused-ring (bicyclic) bond motifs is 1. The van der Waals surface area contributed by atoms with Gasteiger partial charge in [-0.2, -0.15) is 0 Å². The van der Waals surface area contributed by atoms with E-state index in [0.717, 1.165) is 16.3 Å². The van der Waals surface area contributed by atoms with Gasteiger partial charge in [-0.15, -0.1) is 11.3 Å². The average Bonchev–Trinajstić information content (AvgIpc) is 2.78. The van der Waals surface area contributed by atoms with E-state index in [-0.39, 0.29) is 12.5 Å². The molecule has 2 aromatic heterocycles. The summed E-state index contributed by atoms with van der Waals surface area (Å²) in [7, 11) is 0. The molecule has 0 unspecified atom stereocenters. The van der Waals surface area contributed by atoms with Crippen molar-refractivity contribution in [2.75, 3.05) is 6.54 Å². The highest BCUT2D eigenvalue weighted by Gasteiger charge is 2.16. The summed E-state index contributed by atoms with van der Waals surface area (Å²) < 4.78 is 7.39. The Morgan fingerprint density at radius 3 is 2.80 bits per heavy atom. The van der Waals surface area contributed by atoms with Gasteiger partial charge in [0, 0.05) is 17.6 Å². The van der Waals surface area contributed by atoms with Gasteiger partial charge in [0.1, 0.15) is 5.60 Å². The molecule has 0 radical (unpaired) electrons. The lowest BCUT2D eigenvalue weighted by Gasteiger charge is -2.19. The Morgan fingerprint density at radius 1 is 1.45 bits per heavy atom. The normalized spacial score (nSPS) is 12.1. The number of carbonyl (C=O) groups excluding carboxylic acids is 1. The van der Waals surface area contributed by atoms with Crippen LogP contribution in [0, 0.1) is 13.8 Å². The number of nitrogens with zero attached hydrogens (tertiary/aromatic N) is 2. The highest BCUT2D eigenvalue weighted by Crippen LogP contribution is 2.20. The molecule has 0 aliphatic rings. The molecule has 0 saturated heterocycles. The number of hydrogen-bond donors (Lipinski definition) is 1. The van der Waals surface area contributed by atoms with Crippen LogP contribution in [-0.4, -0.2) is 27.5 Å². The number of rotatable bonds is 4. The first-order chi connectivity index (χ1) is 9.28. The van der Waals surface area contributed by atoms with E-state index in [9.17, 15) is 4.79 Å². The molecule has 110 valence electrons. The van der Waals surface area contributed by atoms with Crippen LogP contribution < -0.4 is 5.32 Å². The number of carbonyl (C=O) groups is 1. The largest absolute Gasteiger partial charge is 0.459 e. The highest BCUT2D eigenvalue weighted by atomic mass is 32.1. The lowest BCUT2D eigenvalue weighted by molar-refractivity contribution is -0.153. The molecule has 0 fully saturated rings. The van der Waals surface area contributed by atoms with E-state index < -0.39 is 5.60 Å². The third-order valence-corrected chi connectivity index (χ3v) is 3.76. The second-order valence-corrected chi connectivity index (χ2v) is 6.67. The van der Waals surface area contributed by atoms with Crippen LogP contribution in [0.25, 0.3) is 4.96 Å². The first-order valence-electron chi connectivity index (χ1n) is 6.62. The lowest BCUT2D eigenvalue weighted by Crippen LogP contribution is -2.31. The molecule has 2 aromatic rings. The monoisotopic (exact) mass is 295 g/mol. The van der Waals surface area contributed by atoms with E-state index in [1.54, 1.807) is 11.3 Å². The SMILES string of the molecule is Cc1nc2scc(C)n2c1CNCC(=O)OC(C)(C)C. The van der Waals surface area contributed by atoms with E-state index >= 15 is 0 Å². The number of aromatic nitrogens is 2. The third kappa shape index (κ3) is 3.37. The second-order valence-electron chi connectivity index (χ2n) is 5.83. The number of imidazole rings is 1. The minimum absolute atomic E-state index is 0.202. The Labute approximate surface area is 123 Å². The summed E-state index contributed by atoms with van der Waals surface area (Å²) in [4.78, 5) is 17.2. The van der Waals surface area contributed by atoms with Crippen molar-refractivity contribution in [2.24, 2.45) is 0 Å². The highest BCUT2D eigenvalue weighted by molar-refractivity contribution is 7.15. The Kier molecular flexibility index (Phi) is 4.15. The van der Waals surface area contributed by atoms with Crippen LogP contribution in [0.4, 0.5) is 0 Å². The van der Waals surface area contributed by atoms with Gasteiger partial charge in [0.15, 0.2) is 4.96 Å². The lowest BCUT2D eigenvalue weighted by atomic mass is 10.2. The minimum Gasteiger partial charge on any atom is -0.459 e. The van der Waals surface area contributed by atoms with E-state index in [2.05, 4.69) is 27.0 Å². The molecule has 6 heteroatoms. The van der Waals surface area contributed by atoms with Crippen molar-refractivity contribution in [2.45, 2.75) is 46.8 Å². The molecule has 0 saturated carbocycles. The molecule has 20 heavy (non-hydrogen) atoms. The molecule has 2 heterocycles. The molecule has 0 atom stereocenters. The van der Waals surface area contributed by atoms with Crippen molar-refractivity contribution in [3.8, 4) is 0 Å². The average molecular weight is 295 g/mol. The van der Waals surface area contributed by atoms with Gasteiger partial charge in [0.05, 0.1) is 17.9 Å². The number of esters is 1. The maximum Gasteiger partial charge on any atom is 0.320 e.